The van der Waals surface area contributed by atoms with Crippen molar-refractivity contribution >= 4 is 22.8 Å². The zero-order valence-corrected chi connectivity index (χ0v) is 17.9. The summed E-state index contributed by atoms with van der Waals surface area (Å²) >= 11 is 0. The zero-order valence-electron chi connectivity index (χ0n) is 17.9. The summed E-state index contributed by atoms with van der Waals surface area (Å²) in [5, 5.41) is 7.49. The van der Waals surface area contributed by atoms with Crippen LogP contribution in [-0.4, -0.2) is 25.2 Å². The number of carbonyl (C=O) groups is 1. The van der Waals surface area contributed by atoms with Gasteiger partial charge in [-0.1, -0.05) is 37.3 Å². The molecule has 0 unspecified atom stereocenters. The van der Waals surface area contributed by atoms with Crippen LogP contribution >= 0.6 is 0 Å². The molecule has 1 amide bonds. The van der Waals surface area contributed by atoms with Gasteiger partial charge in [-0.05, 0) is 43.2 Å². The van der Waals surface area contributed by atoms with Crippen molar-refractivity contribution < 1.29 is 4.79 Å². The monoisotopic (exact) mass is 415 g/mol. The van der Waals surface area contributed by atoms with E-state index in [1.807, 2.05) is 61.5 Å². The van der Waals surface area contributed by atoms with Gasteiger partial charge in [-0.2, -0.15) is 5.10 Å². The third-order valence-corrected chi connectivity index (χ3v) is 5.33. The summed E-state index contributed by atoms with van der Waals surface area (Å²) in [6.45, 7) is 3.94. The zero-order chi connectivity index (χ0) is 22.0. The number of aromatic nitrogens is 4. The molecule has 4 rings (SSSR count). The Hall–Kier alpha value is -3.74. The van der Waals surface area contributed by atoms with E-state index in [9.17, 15) is 9.59 Å². The third kappa shape index (κ3) is 4.12. The highest BCUT2D eigenvalue weighted by atomic mass is 16.1. The minimum absolute atomic E-state index is 0.145. The van der Waals surface area contributed by atoms with Gasteiger partial charge in [0, 0.05) is 25.6 Å². The minimum Gasteiger partial charge on any atom is -0.326 e. The van der Waals surface area contributed by atoms with Crippen LogP contribution < -0.4 is 10.9 Å². The average molecular weight is 415 g/mol. The molecule has 0 saturated carbocycles. The van der Waals surface area contributed by atoms with Crippen LogP contribution in [0.5, 0.6) is 0 Å². The van der Waals surface area contributed by atoms with E-state index in [1.54, 1.807) is 16.3 Å². The lowest BCUT2D eigenvalue weighted by Gasteiger charge is -2.09. The van der Waals surface area contributed by atoms with E-state index in [2.05, 4.69) is 22.3 Å². The molecule has 0 aliphatic heterocycles. The van der Waals surface area contributed by atoms with Crippen molar-refractivity contribution in [3.05, 3.63) is 81.9 Å². The molecule has 2 heterocycles. The number of fused-ring (bicyclic) bond motifs is 1. The number of amides is 1. The van der Waals surface area contributed by atoms with E-state index in [0.717, 1.165) is 29.1 Å². The largest absolute Gasteiger partial charge is 0.326 e. The summed E-state index contributed by atoms with van der Waals surface area (Å²) in [5.41, 5.74) is 4.96. The van der Waals surface area contributed by atoms with Crippen molar-refractivity contribution in [1.29, 1.82) is 0 Å². The highest BCUT2D eigenvalue weighted by Gasteiger charge is 2.18. The Morgan fingerprint density at radius 2 is 1.87 bits per heavy atom. The Labute approximate surface area is 180 Å². The molecule has 1 N–H and O–H groups in total. The number of rotatable bonds is 6. The first-order valence-electron chi connectivity index (χ1n) is 10.4. The smallest absolute Gasteiger partial charge is 0.273 e. The Kier molecular flexibility index (Phi) is 5.66. The standard InChI is InChI=1S/C24H25N5O2/c1-4-17-9-8-10-18(15-17)25-21(30)14-13-20-24(31)28(3)23-22(26-20)16(2)27-29(23)19-11-6-5-7-12-19/h5-12,15H,4,13-14H2,1-3H3,(H,25,30). The molecule has 0 spiro atoms. The first kappa shape index (κ1) is 20.5. The maximum absolute atomic E-state index is 13.0. The number of carbonyl (C=O) groups excluding carboxylic acids is 1. The van der Waals surface area contributed by atoms with E-state index in [-0.39, 0.29) is 24.3 Å². The van der Waals surface area contributed by atoms with Crippen molar-refractivity contribution in [1.82, 2.24) is 19.3 Å². The average Bonchev–Trinajstić information content (AvgIpc) is 3.12. The Morgan fingerprint density at radius 1 is 1.10 bits per heavy atom. The van der Waals surface area contributed by atoms with Crippen molar-refractivity contribution in [3.63, 3.8) is 0 Å². The number of nitrogens with zero attached hydrogens (tertiary/aromatic N) is 4. The topological polar surface area (TPSA) is 81.8 Å². The van der Waals surface area contributed by atoms with E-state index < -0.39 is 0 Å². The summed E-state index contributed by atoms with van der Waals surface area (Å²) in [7, 11) is 1.72. The number of aryl methyl sites for hydroxylation is 4. The summed E-state index contributed by atoms with van der Waals surface area (Å²) in [6, 6.07) is 17.4. The first-order chi connectivity index (χ1) is 15.0. The second kappa shape index (κ2) is 8.55. The normalized spacial score (nSPS) is 11.1. The number of hydrogen-bond acceptors (Lipinski definition) is 4. The van der Waals surface area contributed by atoms with Crippen LogP contribution in [0.4, 0.5) is 5.69 Å². The molecule has 0 aliphatic carbocycles. The molecular weight excluding hydrogens is 390 g/mol. The van der Waals surface area contributed by atoms with Gasteiger partial charge in [0.2, 0.25) is 5.91 Å². The molecule has 0 fully saturated rings. The SMILES string of the molecule is CCc1cccc(NC(=O)CCc2nc3c(C)nn(-c4ccccc4)c3n(C)c2=O)c1. The van der Waals surface area contributed by atoms with Crippen molar-refractivity contribution in [2.24, 2.45) is 7.05 Å². The van der Waals surface area contributed by atoms with Crippen LogP contribution in [0.1, 0.15) is 30.3 Å². The molecule has 158 valence electrons. The number of para-hydroxylation sites is 1. The third-order valence-electron chi connectivity index (χ3n) is 5.33. The molecule has 0 atom stereocenters. The fourth-order valence-electron chi connectivity index (χ4n) is 3.65. The maximum atomic E-state index is 13.0. The number of nitrogens with one attached hydrogen (secondary N) is 1. The molecule has 2 aromatic carbocycles. The summed E-state index contributed by atoms with van der Waals surface area (Å²) in [6.07, 6.45) is 1.34. The van der Waals surface area contributed by atoms with Gasteiger partial charge in [0.05, 0.1) is 11.4 Å². The predicted octanol–water partition coefficient (Wildman–Crippen LogP) is 3.56. The molecular formula is C24H25N5O2. The van der Waals surface area contributed by atoms with Gasteiger partial charge in [0.25, 0.3) is 5.56 Å². The number of hydrogen-bond donors (Lipinski definition) is 1. The molecule has 7 heteroatoms. The lowest BCUT2D eigenvalue weighted by molar-refractivity contribution is -0.116. The fraction of sp³-hybridized carbons (Fsp3) is 0.250. The van der Waals surface area contributed by atoms with Crippen LogP contribution in [0.25, 0.3) is 16.9 Å². The molecule has 0 bridgehead atoms. The molecule has 7 nitrogen and oxygen atoms in total. The van der Waals surface area contributed by atoms with Gasteiger partial charge in [-0.3, -0.25) is 14.2 Å². The summed E-state index contributed by atoms with van der Waals surface area (Å²) < 4.78 is 3.30. The number of benzene rings is 2. The van der Waals surface area contributed by atoms with Crippen LogP contribution in [-0.2, 0) is 24.7 Å². The predicted molar refractivity (Wildman–Crippen MR) is 122 cm³/mol. The van der Waals surface area contributed by atoms with Crippen molar-refractivity contribution in [2.45, 2.75) is 33.1 Å². The quantitative estimate of drug-likeness (QED) is 0.522. The van der Waals surface area contributed by atoms with E-state index in [0.29, 0.717) is 16.9 Å². The van der Waals surface area contributed by atoms with Crippen molar-refractivity contribution in [2.75, 3.05) is 5.32 Å². The van der Waals surface area contributed by atoms with E-state index >= 15 is 0 Å². The highest BCUT2D eigenvalue weighted by molar-refractivity contribution is 5.90. The molecule has 0 radical (unpaired) electrons. The van der Waals surface area contributed by atoms with Gasteiger partial charge in [0.15, 0.2) is 5.65 Å². The molecule has 2 aromatic heterocycles. The second-order valence-corrected chi connectivity index (χ2v) is 7.53. The molecule has 0 aliphatic rings. The molecule has 31 heavy (non-hydrogen) atoms. The van der Waals surface area contributed by atoms with E-state index in [4.69, 9.17) is 0 Å². The minimum atomic E-state index is -0.217. The summed E-state index contributed by atoms with van der Waals surface area (Å²) in [5.74, 6) is -0.145. The van der Waals surface area contributed by atoms with Gasteiger partial charge < -0.3 is 5.32 Å². The lowest BCUT2D eigenvalue weighted by atomic mass is 10.1. The van der Waals surface area contributed by atoms with Crippen LogP contribution in [0.2, 0.25) is 0 Å². The fourth-order valence-corrected chi connectivity index (χ4v) is 3.65. The van der Waals surface area contributed by atoms with Gasteiger partial charge in [-0.15, -0.1) is 0 Å². The van der Waals surface area contributed by atoms with Crippen LogP contribution in [0.3, 0.4) is 0 Å². The van der Waals surface area contributed by atoms with Gasteiger partial charge >= 0.3 is 0 Å². The maximum Gasteiger partial charge on any atom is 0.273 e. The lowest BCUT2D eigenvalue weighted by Crippen LogP contribution is -2.25. The van der Waals surface area contributed by atoms with E-state index in [1.165, 1.54) is 0 Å². The Balaban J connectivity index is 1.59. The van der Waals surface area contributed by atoms with Gasteiger partial charge in [-0.25, -0.2) is 9.67 Å². The van der Waals surface area contributed by atoms with Crippen LogP contribution in [0, 0.1) is 6.92 Å². The highest BCUT2D eigenvalue weighted by Crippen LogP contribution is 2.19. The molecule has 0 saturated heterocycles. The Morgan fingerprint density at radius 3 is 2.61 bits per heavy atom. The van der Waals surface area contributed by atoms with Crippen LogP contribution in [0.15, 0.2) is 59.4 Å². The second-order valence-electron chi connectivity index (χ2n) is 7.53. The first-order valence-corrected chi connectivity index (χ1v) is 10.4. The summed E-state index contributed by atoms with van der Waals surface area (Å²) in [4.78, 5) is 30.0. The van der Waals surface area contributed by atoms with Crippen molar-refractivity contribution in [3.8, 4) is 5.69 Å². The molecule has 4 aromatic rings. The van der Waals surface area contributed by atoms with Gasteiger partial charge in [0.1, 0.15) is 11.2 Å². The Bertz CT molecular complexity index is 1310. The number of anilines is 1.